The van der Waals surface area contributed by atoms with Crippen molar-refractivity contribution in [1.29, 1.82) is 0 Å². The van der Waals surface area contributed by atoms with E-state index in [9.17, 15) is 9.90 Å². The third kappa shape index (κ3) is 3.36. The minimum Gasteiger partial charge on any atom is -0.461 e. The van der Waals surface area contributed by atoms with Crippen LogP contribution in [0.2, 0.25) is 0 Å². The zero-order valence-electron chi connectivity index (χ0n) is 11.9. The van der Waals surface area contributed by atoms with Crippen LogP contribution in [0.3, 0.4) is 0 Å². The van der Waals surface area contributed by atoms with E-state index in [4.69, 9.17) is 4.42 Å². The van der Waals surface area contributed by atoms with Gasteiger partial charge in [-0.05, 0) is 25.0 Å². The number of para-hydroxylation sites is 1. The summed E-state index contributed by atoms with van der Waals surface area (Å²) >= 11 is 0. The predicted octanol–water partition coefficient (Wildman–Crippen LogP) is 2.05. The fourth-order valence-electron chi connectivity index (χ4n) is 2.36. The molecule has 0 spiro atoms. The van der Waals surface area contributed by atoms with Crippen molar-refractivity contribution in [2.45, 2.75) is 19.3 Å². The van der Waals surface area contributed by atoms with Crippen molar-refractivity contribution in [3.8, 4) is 0 Å². The molecule has 21 heavy (non-hydrogen) atoms. The van der Waals surface area contributed by atoms with Crippen LogP contribution in [0.1, 0.15) is 18.6 Å². The van der Waals surface area contributed by atoms with Gasteiger partial charge in [-0.25, -0.2) is 4.79 Å². The van der Waals surface area contributed by atoms with E-state index in [-0.39, 0.29) is 18.1 Å². The van der Waals surface area contributed by atoms with Gasteiger partial charge in [0.25, 0.3) is 0 Å². The van der Waals surface area contributed by atoms with Gasteiger partial charge in [-0.15, -0.1) is 0 Å². The van der Waals surface area contributed by atoms with Crippen LogP contribution in [-0.2, 0) is 6.42 Å². The van der Waals surface area contributed by atoms with Crippen LogP contribution in [-0.4, -0.2) is 30.8 Å². The summed E-state index contributed by atoms with van der Waals surface area (Å²) in [5.74, 6) is 0.866. The number of rotatable bonds is 6. The van der Waals surface area contributed by atoms with Crippen molar-refractivity contribution in [3.63, 3.8) is 0 Å². The smallest absolute Gasteiger partial charge is 0.314 e. The van der Waals surface area contributed by atoms with Crippen molar-refractivity contribution in [3.05, 3.63) is 36.1 Å². The molecule has 1 saturated carbocycles. The number of aliphatic hydroxyl groups excluding tert-OH is 1. The largest absolute Gasteiger partial charge is 0.461 e. The molecule has 0 aliphatic heterocycles. The number of carbonyl (C=O) groups is 1. The molecule has 0 saturated heterocycles. The molecule has 0 radical (unpaired) electrons. The van der Waals surface area contributed by atoms with E-state index in [0.717, 1.165) is 29.6 Å². The molecule has 112 valence electrons. The Morgan fingerprint density at radius 3 is 2.81 bits per heavy atom. The van der Waals surface area contributed by atoms with E-state index in [1.807, 2.05) is 30.3 Å². The van der Waals surface area contributed by atoms with Crippen LogP contribution in [0.15, 0.2) is 34.7 Å². The van der Waals surface area contributed by atoms with Crippen LogP contribution in [0.5, 0.6) is 0 Å². The predicted molar refractivity (Wildman–Crippen MR) is 80.1 cm³/mol. The first-order valence-corrected chi connectivity index (χ1v) is 7.31. The number of hydrogen-bond acceptors (Lipinski definition) is 3. The van der Waals surface area contributed by atoms with Gasteiger partial charge in [0.15, 0.2) is 0 Å². The first kappa shape index (κ1) is 13.9. The van der Waals surface area contributed by atoms with Crippen LogP contribution in [0, 0.1) is 5.41 Å². The molecule has 3 rings (SSSR count). The third-order valence-corrected chi connectivity index (χ3v) is 4.05. The Hall–Kier alpha value is -2.01. The molecule has 1 aromatic carbocycles. The number of fused-ring (bicyclic) bond motifs is 1. The molecule has 3 N–H and O–H groups in total. The lowest BCUT2D eigenvalue weighted by Crippen LogP contribution is -2.40. The maximum absolute atomic E-state index is 11.7. The van der Waals surface area contributed by atoms with Gasteiger partial charge in [-0.2, -0.15) is 0 Å². The van der Waals surface area contributed by atoms with Crippen LogP contribution in [0.4, 0.5) is 4.79 Å². The van der Waals surface area contributed by atoms with Gasteiger partial charge >= 0.3 is 6.03 Å². The number of aliphatic hydroxyl groups is 1. The Morgan fingerprint density at radius 2 is 2.10 bits per heavy atom. The first-order valence-electron chi connectivity index (χ1n) is 7.31. The van der Waals surface area contributed by atoms with E-state index in [2.05, 4.69) is 10.6 Å². The number of urea groups is 1. The normalized spacial score (nSPS) is 15.9. The summed E-state index contributed by atoms with van der Waals surface area (Å²) in [5.41, 5.74) is 0.811. The zero-order valence-corrected chi connectivity index (χ0v) is 11.9. The number of carbonyl (C=O) groups excluding carboxylic acids is 1. The summed E-state index contributed by atoms with van der Waals surface area (Å²) in [6, 6.07) is 9.67. The summed E-state index contributed by atoms with van der Waals surface area (Å²) < 4.78 is 5.69. The molecule has 2 amide bonds. The molecule has 0 unspecified atom stereocenters. The summed E-state index contributed by atoms with van der Waals surface area (Å²) in [4.78, 5) is 11.7. The molecule has 1 fully saturated rings. The highest BCUT2D eigenvalue weighted by molar-refractivity contribution is 5.77. The van der Waals surface area contributed by atoms with Gasteiger partial charge in [0.1, 0.15) is 11.3 Å². The Kier molecular flexibility index (Phi) is 3.84. The van der Waals surface area contributed by atoms with E-state index >= 15 is 0 Å². The minimum absolute atomic E-state index is 0.0594. The summed E-state index contributed by atoms with van der Waals surface area (Å²) in [6.45, 7) is 1.21. The lowest BCUT2D eigenvalue weighted by atomic mass is 10.1. The Morgan fingerprint density at radius 1 is 1.29 bits per heavy atom. The Balaban J connectivity index is 1.42. The monoisotopic (exact) mass is 288 g/mol. The van der Waals surface area contributed by atoms with Crippen molar-refractivity contribution in [1.82, 2.24) is 10.6 Å². The average Bonchev–Trinajstić information content (AvgIpc) is 3.17. The molecule has 5 nitrogen and oxygen atoms in total. The fraction of sp³-hybridized carbons (Fsp3) is 0.438. The molecular formula is C16H20N2O3. The maximum Gasteiger partial charge on any atom is 0.314 e. The van der Waals surface area contributed by atoms with Gasteiger partial charge < -0.3 is 20.2 Å². The second kappa shape index (κ2) is 5.77. The molecule has 0 bridgehead atoms. The van der Waals surface area contributed by atoms with Gasteiger partial charge in [-0.3, -0.25) is 0 Å². The standard InChI is InChI=1S/C16H20N2O3/c19-11-16(6-7-16)10-18-15(20)17-8-5-13-9-12-3-1-2-4-14(12)21-13/h1-4,9,19H,5-8,10-11H2,(H2,17,18,20). The summed E-state index contributed by atoms with van der Waals surface area (Å²) in [7, 11) is 0. The number of furan rings is 1. The molecular weight excluding hydrogens is 268 g/mol. The number of benzene rings is 1. The Labute approximate surface area is 123 Å². The van der Waals surface area contributed by atoms with Gasteiger partial charge in [0.2, 0.25) is 0 Å². The minimum atomic E-state index is -0.189. The highest BCUT2D eigenvalue weighted by Crippen LogP contribution is 2.44. The van der Waals surface area contributed by atoms with E-state index in [1.165, 1.54) is 0 Å². The lowest BCUT2D eigenvalue weighted by molar-refractivity contribution is 0.203. The summed E-state index contributed by atoms with van der Waals surface area (Å²) in [6.07, 6.45) is 2.64. The van der Waals surface area contributed by atoms with Crippen molar-refractivity contribution in [2.75, 3.05) is 19.7 Å². The second-order valence-electron chi connectivity index (χ2n) is 5.77. The van der Waals surface area contributed by atoms with Crippen LogP contribution in [0.25, 0.3) is 11.0 Å². The third-order valence-electron chi connectivity index (χ3n) is 4.05. The Bertz CT molecular complexity index is 598. The topological polar surface area (TPSA) is 74.5 Å². The lowest BCUT2D eigenvalue weighted by Gasteiger charge is -2.13. The average molecular weight is 288 g/mol. The first-order chi connectivity index (χ1) is 10.2. The summed E-state index contributed by atoms with van der Waals surface area (Å²) in [5, 5.41) is 15.9. The quantitative estimate of drug-likeness (QED) is 0.761. The second-order valence-corrected chi connectivity index (χ2v) is 5.77. The molecule has 1 aliphatic carbocycles. The molecule has 1 aliphatic rings. The number of nitrogens with one attached hydrogen (secondary N) is 2. The van der Waals surface area contributed by atoms with E-state index < -0.39 is 0 Å². The van der Waals surface area contributed by atoms with Gasteiger partial charge in [-0.1, -0.05) is 18.2 Å². The number of hydrogen-bond donors (Lipinski definition) is 3. The van der Waals surface area contributed by atoms with Crippen molar-refractivity contribution >= 4 is 17.0 Å². The molecule has 1 aromatic heterocycles. The van der Waals surface area contributed by atoms with Crippen molar-refractivity contribution < 1.29 is 14.3 Å². The highest BCUT2D eigenvalue weighted by atomic mass is 16.3. The van der Waals surface area contributed by atoms with E-state index in [1.54, 1.807) is 0 Å². The van der Waals surface area contributed by atoms with Gasteiger partial charge in [0.05, 0.1) is 6.61 Å². The molecule has 5 heteroatoms. The fourth-order valence-corrected chi connectivity index (χ4v) is 2.36. The maximum atomic E-state index is 11.7. The number of amides is 2. The SMILES string of the molecule is O=C(NCCc1cc2ccccc2o1)NCC1(CO)CC1. The van der Waals surface area contributed by atoms with E-state index in [0.29, 0.717) is 19.5 Å². The van der Waals surface area contributed by atoms with Crippen LogP contribution >= 0.6 is 0 Å². The molecule has 0 atom stereocenters. The molecule has 2 aromatic rings. The van der Waals surface area contributed by atoms with Crippen LogP contribution < -0.4 is 10.6 Å². The zero-order chi connectivity index (χ0) is 14.7. The highest BCUT2D eigenvalue weighted by Gasteiger charge is 2.42. The molecule has 1 heterocycles. The van der Waals surface area contributed by atoms with Crippen molar-refractivity contribution in [2.24, 2.45) is 5.41 Å². The van der Waals surface area contributed by atoms with Gasteiger partial charge in [0, 0.05) is 30.3 Å².